The molecular weight excluding hydrogens is 404 g/mol. The molecule has 1 aromatic carbocycles. The zero-order chi connectivity index (χ0) is 20.5. The summed E-state index contributed by atoms with van der Waals surface area (Å²) in [5, 5.41) is 5.84. The van der Waals surface area contributed by atoms with E-state index in [-0.39, 0.29) is 24.9 Å². The molecule has 0 aliphatic carbocycles. The minimum Gasteiger partial charge on any atom is -0.300 e. The maximum atomic E-state index is 12.9. The van der Waals surface area contributed by atoms with Gasteiger partial charge >= 0.3 is 0 Å². The summed E-state index contributed by atoms with van der Waals surface area (Å²) in [6, 6.07) is 8.13. The minimum absolute atomic E-state index is 0.00757. The molecule has 6 nitrogen and oxygen atoms in total. The van der Waals surface area contributed by atoms with Crippen LogP contribution in [0.2, 0.25) is 0 Å². The van der Waals surface area contributed by atoms with Crippen LogP contribution in [-0.2, 0) is 9.59 Å². The minimum atomic E-state index is -0.276. The number of hydrogen-bond donors (Lipinski definition) is 1. The number of nitrogens with one attached hydrogen (secondary N) is 1. The smallest absolute Gasteiger partial charge is 0.249 e. The monoisotopic (exact) mass is 424 g/mol. The van der Waals surface area contributed by atoms with E-state index in [1.807, 2.05) is 45.0 Å². The van der Waals surface area contributed by atoms with Gasteiger partial charge < -0.3 is 5.32 Å². The first-order chi connectivity index (χ1) is 13.9. The summed E-state index contributed by atoms with van der Waals surface area (Å²) in [7, 11) is 0. The number of thiophene rings is 1. The Balaban J connectivity index is 1.72. The summed E-state index contributed by atoms with van der Waals surface area (Å²) in [5.74, 6) is -0.467. The molecule has 3 heterocycles. The fourth-order valence-electron chi connectivity index (χ4n) is 3.20. The molecule has 148 valence electrons. The number of carbonyl (C=O) groups excluding carboxylic acids is 2. The van der Waals surface area contributed by atoms with Crippen molar-refractivity contribution < 1.29 is 9.59 Å². The Morgan fingerprint density at radius 3 is 2.66 bits per heavy atom. The van der Waals surface area contributed by atoms with Gasteiger partial charge in [0.2, 0.25) is 11.8 Å². The van der Waals surface area contributed by atoms with Crippen molar-refractivity contribution in [2.45, 2.75) is 20.8 Å². The van der Waals surface area contributed by atoms with E-state index < -0.39 is 0 Å². The van der Waals surface area contributed by atoms with Crippen molar-refractivity contribution in [1.82, 2.24) is 4.98 Å². The van der Waals surface area contributed by atoms with Crippen LogP contribution >= 0.6 is 22.7 Å². The van der Waals surface area contributed by atoms with E-state index in [2.05, 4.69) is 15.3 Å². The molecule has 0 atom stereocenters. The van der Waals surface area contributed by atoms with E-state index in [4.69, 9.17) is 0 Å². The lowest BCUT2D eigenvalue weighted by Gasteiger charge is -2.19. The van der Waals surface area contributed by atoms with Crippen molar-refractivity contribution in [3.63, 3.8) is 0 Å². The first-order valence-corrected chi connectivity index (χ1v) is 10.8. The highest BCUT2D eigenvalue weighted by molar-refractivity contribution is 7.17. The molecule has 0 unspecified atom stereocenters. The lowest BCUT2D eigenvalue weighted by molar-refractivity contribution is -0.120. The Kier molecular flexibility index (Phi) is 5.29. The number of nitrogens with zero attached hydrogens (tertiary/aromatic N) is 3. The summed E-state index contributed by atoms with van der Waals surface area (Å²) in [5.41, 5.74) is 4.96. The van der Waals surface area contributed by atoms with Crippen LogP contribution in [0.3, 0.4) is 0 Å². The average molecular weight is 425 g/mol. The van der Waals surface area contributed by atoms with Crippen molar-refractivity contribution in [3.8, 4) is 0 Å². The van der Waals surface area contributed by atoms with Crippen LogP contribution in [0.4, 0.5) is 10.1 Å². The van der Waals surface area contributed by atoms with Gasteiger partial charge in [-0.15, -0.1) is 22.7 Å². The van der Waals surface area contributed by atoms with Crippen LogP contribution in [0, 0.1) is 20.8 Å². The molecule has 1 N–H and O–H groups in total. The Labute approximate surface area is 176 Å². The summed E-state index contributed by atoms with van der Waals surface area (Å²) >= 11 is 2.87. The number of rotatable bonds is 4. The number of carbonyl (C=O) groups is 2. The first kappa shape index (κ1) is 19.5. The molecule has 0 saturated heterocycles. The fourth-order valence-corrected chi connectivity index (χ4v) is 4.92. The lowest BCUT2D eigenvalue weighted by Crippen LogP contribution is -2.38. The molecule has 2 amide bonds. The van der Waals surface area contributed by atoms with E-state index in [1.54, 1.807) is 16.5 Å². The second-order valence-corrected chi connectivity index (χ2v) is 8.96. The summed E-state index contributed by atoms with van der Waals surface area (Å²) in [4.78, 5) is 36.8. The topological polar surface area (TPSA) is 74.7 Å². The molecule has 0 spiro atoms. The second kappa shape index (κ2) is 7.88. The molecule has 0 saturated carbocycles. The predicted molar refractivity (Wildman–Crippen MR) is 119 cm³/mol. The van der Waals surface area contributed by atoms with E-state index in [9.17, 15) is 9.59 Å². The SMILES string of the molecule is Cc1ccc(C2=NCC(=O)N(CC(=O)Nc3nccs3)c3sc(C)c(C)c32)cc1. The number of anilines is 2. The van der Waals surface area contributed by atoms with Gasteiger partial charge in [0.25, 0.3) is 0 Å². The Morgan fingerprint density at radius 2 is 1.97 bits per heavy atom. The highest BCUT2D eigenvalue weighted by atomic mass is 32.1. The van der Waals surface area contributed by atoms with Crippen molar-refractivity contribution >= 4 is 50.3 Å². The van der Waals surface area contributed by atoms with Gasteiger partial charge in [-0.1, -0.05) is 29.8 Å². The third-order valence-corrected chi connectivity index (χ3v) is 6.75. The number of aromatic nitrogens is 1. The number of fused-ring (bicyclic) bond motifs is 1. The number of hydrogen-bond acceptors (Lipinski definition) is 6. The van der Waals surface area contributed by atoms with Gasteiger partial charge in [-0.3, -0.25) is 19.5 Å². The van der Waals surface area contributed by atoms with Gasteiger partial charge in [0, 0.05) is 27.6 Å². The van der Waals surface area contributed by atoms with Crippen LogP contribution in [-0.4, -0.2) is 35.6 Å². The number of aryl methyl sites for hydroxylation is 2. The number of benzene rings is 1. The van der Waals surface area contributed by atoms with E-state index in [0.29, 0.717) is 5.13 Å². The molecular formula is C21H20N4O2S2. The van der Waals surface area contributed by atoms with Crippen LogP contribution < -0.4 is 10.2 Å². The van der Waals surface area contributed by atoms with Gasteiger partial charge in [-0.25, -0.2) is 4.98 Å². The Bertz CT molecular complexity index is 1100. The summed E-state index contributed by atoms with van der Waals surface area (Å²) < 4.78 is 0. The molecule has 0 fully saturated rings. The quantitative estimate of drug-likeness (QED) is 0.689. The average Bonchev–Trinajstić information content (AvgIpc) is 3.27. The third-order valence-electron chi connectivity index (χ3n) is 4.83. The second-order valence-electron chi connectivity index (χ2n) is 6.86. The maximum absolute atomic E-state index is 12.9. The van der Waals surface area contributed by atoms with Crippen LogP contribution in [0.15, 0.2) is 40.8 Å². The van der Waals surface area contributed by atoms with E-state index in [1.165, 1.54) is 22.7 Å². The molecule has 3 aromatic rings. The molecule has 0 radical (unpaired) electrons. The lowest BCUT2D eigenvalue weighted by atomic mass is 9.99. The molecule has 8 heteroatoms. The van der Waals surface area contributed by atoms with E-state index >= 15 is 0 Å². The van der Waals surface area contributed by atoms with Crippen LogP contribution in [0.5, 0.6) is 0 Å². The predicted octanol–water partition coefficient (Wildman–Crippen LogP) is 3.95. The van der Waals surface area contributed by atoms with Crippen molar-refractivity contribution in [2.75, 3.05) is 23.3 Å². The maximum Gasteiger partial charge on any atom is 0.249 e. The molecule has 4 rings (SSSR count). The first-order valence-electron chi connectivity index (χ1n) is 9.15. The molecule has 29 heavy (non-hydrogen) atoms. The van der Waals surface area contributed by atoms with Gasteiger partial charge in [-0.2, -0.15) is 0 Å². The Hall–Kier alpha value is -2.84. The fraction of sp³-hybridized carbons (Fsp3) is 0.238. The van der Waals surface area contributed by atoms with Gasteiger partial charge in [0.1, 0.15) is 18.1 Å². The molecule has 0 bridgehead atoms. The van der Waals surface area contributed by atoms with Gasteiger partial charge in [0.05, 0.1) is 5.71 Å². The summed E-state index contributed by atoms with van der Waals surface area (Å²) in [6.45, 7) is 6.04. The largest absolute Gasteiger partial charge is 0.300 e. The van der Waals surface area contributed by atoms with Crippen LogP contribution in [0.1, 0.15) is 27.1 Å². The third kappa shape index (κ3) is 3.86. The number of amides is 2. The number of thiazole rings is 1. The van der Waals surface area contributed by atoms with Gasteiger partial charge in [-0.05, 0) is 26.3 Å². The van der Waals surface area contributed by atoms with Crippen molar-refractivity contribution in [1.29, 1.82) is 0 Å². The Morgan fingerprint density at radius 1 is 1.21 bits per heavy atom. The highest BCUT2D eigenvalue weighted by Gasteiger charge is 2.30. The summed E-state index contributed by atoms with van der Waals surface area (Å²) in [6.07, 6.45) is 1.63. The normalized spacial score (nSPS) is 13.7. The van der Waals surface area contributed by atoms with Crippen LogP contribution in [0.25, 0.3) is 0 Å². The molecule has 2 aromatic heterocycles. The molecule has 1 aliphatic heterocycles. The van der Waals surface area contributed by atoms with Gasteiger partial charge in [0.15, 0.2) is 5.13 Å². The molecule has 1 aliphatic rings. The van der Waals surface area contributed by atoms with E-state index in [0.717, 1.165) is 37.8 Å². The standard InChI is InChI=1S/C21H20N4O2S2/c1-12-4-6-15(7-5-12)19-18-13(2)14(3)29-20(18)25(17(27)10-23-19)11-16(26)24-21-22-8-9-28-21/h4-9H,10-11H2,1-3H3,(H,22,24,26). The highest BCUT2D eigenvalue weighted by Crippen LogP contribution is 2.38. The van der Waals surface area contributed by atoms with Crippen molar-refractivity contribution in [3.05, 3.63) is 63.0 Å². The number of aliphatic imine (C=N–C) groups is 1. The van der Waals surface area contributed by atoms with Crippen molar-refractivity contribution in [2.24, 2.45) is 4.99 Å². The zero-order valence-electron chi connectivity index (χ0n) is 16.4. The zero-order valence-corrected chi connectivity index (χ0v) is 18.0.